The van der Waals surface area contributed by atoms with Crippen molar-refractivity contribution in [2.24, 2.45) is 5.92 Å². The van der Waals surface area contributed by atoms with Gasteiger partial charge in [0.15, 0.2) is 0 Å². The maximum absolute atomic E-state index is 5.42. The Kier molecular flexibility index (Phi) is 7.42. The Morgan fingerprint density at radius 3 is 2.74 bits per heavy atom. The second-order valence-corrected chi connectivity index (χ2v) is 5.90. The van der Waals surface area contributed by atoms with Crippen molar-refractivity contribution < 1.29 is 4.74 Å². The molecule has 0 spiro atoms. The molecule has 0 radical (unpaired) electrons. The van der Waals surface area contributed by atoms with Gasteiger partial charge in [-0.2, -0.15) is 0 Å². The van der Waals surface area contributed by atoms with Crippen LogP contribution in [0.3, 0.4) is 0 Å². The van der Waals surface area contributed by atoms with Crippen molar-refractivity contribution in [3.63, 3.8) is 0 Å². The van der Waals surface area contributed by atoms with Crippen LogP contribution in [0.15, 0.2) is 22.7 Å². The highest BCUT2D eigenvalue weighted by molar-refractivity contribution is 9.10. The molecule has 1 rings (SSSR count). The number of halogens is 1. The van der Waals surface area contributed by atoms with Gasteiger partial charge in [-0.05, 0) is 44.8 Å². The van der Waals surface area contributed by atoms with E-state index < -0.39 is 0 Å². The number of nitrogens with zero attached hydrogens (tertiary/aromatic N) is 1. The number of hydrogen-bond acceptors (Lipinski definition) is 3. The first kappa shape index (κ1) is 16.5. The van der Waals surface area contributed by atoms with Gasteiger partial charge in [0.25, 0.3) is 0 Å². The van der Waals surface area contributed by atoms with Gasteiger partial charge in [0, 0.05) is 23.1 Å². The third-order valence-corrected chi connectivity index (χ3v) is 3.82. The molecule has 0 aliphatic carbocycles. The molecule has 0 aromatic heterocycles. The van der Waals surface area contributed by atoms with Crippen LogP contribution in [-0.4, -0.2) is 39.2 Å². The fraction of sp³-hybridized carbons (Fsp3) is 0.600. The molecule has 1 aromatic carbocycles. The standard InChI is InChI=1S/C15H25BrN2O/c1-5-12(9-17-2)10-18(3)11-13-8-14(16)6-7-15(13)19-4/h6-8,12,17H,5,9-11H2,1-4H3. The molecule has 0 amide bonds. The topological polar surface area (TPSA) is 24.5 Å². The molecule has 108 valence electrons. The van der Waals surface area contributed by atoms with Crippen molar-refractivity contribution in [3.8, 4) is 5.75 Å². The summed E-state index contributed by atoms with van der Waals surface area (Å²) in [5.74, 6) is 1.64. The smallest absolute Gasteiger partial charge is 0.123 e. The minimum Gasteiger partial charge on any atom is -0.496 e. The van der Waals surface area contributed by atoms with Crippen molar-refractivity contribution in [1.29, 1.82) is 0 Å². The summed E-state index contributed by atoms with van der Waals surface area (Å²) in [6.45, 7) is 5.31. The molecule has 0 saturated heterocycles. The highest BCUT2D eigenvalue weighted by Crippen LogP contribution is 2.24. The normalized spacial score (nSPS) is 12.7. The first-order valence-corrected chi connectivity index (χ1v) is 7.55. The third-order valence-electron chi connectivity index (χ3n) is 3.32. The van der Waals surface area contributed by atoms with Crippen LogP contribution in [0.25, 0.3) is 0 Å². The summed E-state index contributed by atoms with van der Waals surface area (Å²) in [5, 5.41) is 3.26. The minimum absolute atomic E-state index is 0.688. The van der Waals surface area contributed by atoms with E-state index >= 15 is 0 Å². The molecule has 0 saturated carbocycles. The molecule has 0 bridgehead atoms. The zero-order valence-electron chi connectivity index (χ0n) is 12.4. The van der Waals surface area contributed by atoms with Crippen LogP contribution in [0.1, 0.15) is 18.9 Å². The zero-order chi connectivity index (χ0) is 14.3. The van der Waals surface area contributed by atoms with Crippen LogP contribution in [-0.2, 0) is 6.54 Å². The lowest BCUT2D eigenvalue weighted by atomic mass is 10.1. The van der Waals surface area contributed by atoms with E-state index in [1.807, 2.05) is 19.2 Å². The number of rotatable bonds is 8. The summed E-state index contributed by atoms with van der Waals surface area (Å²) >= 11 is 3.52. The molecule has 1 aromatic rings. The predicted octanol–water partition coefficient (Wildman–Crippen LogP) is 3.14. The Labute approximate surface area is 125 Å². The van der Waals surface area contributed by atoms with Crippen LogP contribution in [0.2, 0.25) is 0 Å². The second-order valence-electron chi connectivity index (χ2n) is 4.98. The largest absolute Gasteiger partial charge is 0.496 e. The van der Waals surface area contributed by atoms with Gasteiger partial charge in [0.05, 0.1) is 7.11 Å². The van der Waals surface area contributed by atoms with Gasteiger partial charge in [-0.15, -0.1) is 0 Å². The molecule has 4 heteroatoms. The van der Waals surface area contributed by atoms with Crippen LogP contribution in [0, 0.1) is 5.92 Å². The fourth-order valence-corrected chi connectivity index (χ4v) is 2.70. The summed E-state index contributed by atoms with van der Waals surface area (Å²) in [6.07, 6.45) is 1.20. The van der Waals surface area contributed by atoms with Gasteiger partial charge in [0.1, 0.15) is 5.75 Å². The first-order valence-electron chi connectivity index (χ1n) is 6.76. The van der Waals surface area contributed by atoms with E-state index in [-0.39, 0.29) is 0 Å². The number of hydrogen-bond donors (Lipinski definition) is 1. The molecule has 0 fully saturated rings. The summed E-state index contributed by atoms with van der Waals surface area (Å²) in [7, 11) is 5.90. The van der Waals surface area contributed by atoms with Gasteiger partial charge in [0.2, 0.25) is 0 Å². The molecular weight excluding hydrogens is 304 g/mol. The Hall–Kier alpha value is -0.580. The van der Waals surface area contributed by atoms with Crippen molar-refractivity contribution in [2.45, 2.75) is 19.9 Å². The van der Waals surface area contributed by atoms with Crippen molar-refractivity contribution in [3.05, 3.63) is 28.2 Å². The van der Waals surface area contributed by atoms with E-state index in [0.29, 0.717) is 5.92 Å². The molecule has 1 unspecified atom stereocenters. The van der Waals surface area contributed by atoms with Crippen LogP contribution >= 0.6 is 15.9 Å². The van der Waals surface area contributed by atoms with Crippen molar-refractivity contribution >= 4 is 15.9 Å². The van der Waals surface area contributed by atoms with E-state index in [1.54, 1.807) is 7.11 Å². The predicted molar refractivity (Wildman–Crippen MR) is 84.7 cm³/mol. The third kappa shape index (κ3) is 5.51. The highest BCUT2D eigenvalue weighted by Gasteiger charge is 2.11. The molecule has 0 heterocycles. The average molecular weight is 329 g/mol. The molecule has 0 aliphatic rings. The monoisotopic (exact) mass is 328 g/mol. The van der Waals surface area contributed by atoms with Gasteiger partial charge in [-0.3, -0.25) is 0 Å². The molecule has 19 heavy (non-hydrogen) atoms. The van der Waals surface area contributed by atoms with E-state index in [9.17, 15) is 0 Å². The van der Waals surface area contributed by atoms with Gasteiger partial charge in [-0.25, -0.2) is 0 Å². The Morgan fingerprint density at radius 2 is 2.16 bits per heavy atom. The lowest BCUT2D eigenvalue weighted by Gasteiger charge is -2.24. The Morgan fingerprint density at radius 1 is 1.42 bits per heavy atom. The Balaban J connectivity index is 2.65. The Bertz CT molecular complexity index is 384. The average Bonchev–Trinajstić information content (AvgIpc) is 2.38. The van der Waals surface area contributed by atoms with Gasteiger partial charge < -0.3 is 15.0 Å². The molecule has 0 aliphatic heterocycles. The molecule has 3 nitrogen and oxygen atoms in total. The second kappa shape index (κ2) is 8.56. The van der Waals surface area contributed by atoms with E-state index in [1.165, 1.54) is 12.0 Å². The quantitative estimate of drug-likeness (QED) is 0.793. The lowest BCUT2D eigenvalue weighted by molar-refractivity contribution is 0.258. The maximum atomic E-state index is 5.42. The van der Waals surface area contributed by atoms with Crippen molar-refractivity contribution in [2.75, 3.05) is 34.3 Å². The van der Waals surface area contributed by atoms with Gasteiger partial charge >= 0.3 is 0 Å². The van der Waals surface area contributed by atoms with Crippen LogP contribution in [0.4, 0.5) is 0 Å². The van der Waals surface area contributed by atoms with E-state index in [2.05, 4.69) is 46.2 Å². The fourth-order valence-electron chi connectivity index (χ4n) is 2.29. The number of nitrogens with one attached hydrogen (secondary N) is 1. The summed E-state index contributed by atoms with van der Waals surface area (Å²) < 4.78 is 6.52. The zero-order valence-corrected chi connectivity index (χ0v) is 14.0. The van der Waals surface area contributed by atoms with Crippen molar-refractivity contribution in [1.82, 2.24) is 10.2 Å². The number of methoxy groups -OCH3 is 1. The highest BCUT2D eigenvalue weighted by atomic mass is 79.9. The van der Waals surface area contributed by atoms with Crippen LogP contribution in [0.5, 0.6) is 5.75 Å². The molecular formula is C15H25BrN2O. The number of ether oxygens (including phenoxy) is 1. The molecule has 1 atom stereocenters. The summed E-state index contributed by atoms with van der Waals surface area (Å²) in [4.78, 5) is 2.36. The van der Waals surface area contributed by atoms with E-state index in [4.69, 9.17) is 4.74 Å². The maximum Gasteiger partial charge on any atom is 0.123 e. The summed E-state index contributed by atoms with van der Waals surface area (Å²) in [6, 6.07) is 6.16. The summed E-state index contributed by atoms with van der Waals surface area (Å²) in [5.41, 5.74) is 1.22. The molecule has 1 N–H and O–H groups in total. The number of benzene rings is 1. The lowest BCUT2D eigenvalue weighted by Crippen LogP contribution is -2.30. The first-order chi connectivity index (χ1) is 9.10. The minimum atomic E-state index is 0.688. The van der Waals surface area contributed by atoms with Gasteiger partial charge in [-0.1, -0.05) is 29.3 Å². The van der Waals surface area contributed by atoms with Crippen LogP contribution < -0.4 is 10.1 Å². The van der Waals surface area contributed by atoms with E-state index in [0.717, 1.165) is 29.9 Å². The SMILES string of the molecule is CCC(CNC)CN(C)Cc1cc(Br)ccc1OC.